The number of pyridine rings is 2. The second-order valence-corrected chi connectivity index (χ2v) is 8.12. The molecule has 0 spiro atoms. The second kappa shape index (κ2) is 9.41. The van der Waals surface area contributed by atoms with Gasteiger partial charge in [-0.1, -0.05) is 23.7 Å². The Balaban J connectivity index is 1.45. The summed E-state index contributed by atoms with van der Waals surface area (Å²) >= 11 is 5.88. The lowest BCUT2D eigenvalue weighted by Gasteiger charge is -2.21. The molecule has 7 heteroatoms. The maximum atomic E-state index is 12.9. The summed E-state index contributed by atoms with van der Waals surface area (Å²) in [5.41, 5.74) is 3.14. The zero-order valence-corrected chi connectivity index (χ0v) is 17.4. The molecule has 3 aromatic rings. The molecule has 30 heavy (non-hydrogen) atoms. The number of halogens is 1. The lowest BCUT2D eigenvalue weighted by Crippen LogP contribution is -2.27. The van der Waals surface area contributed by atoms with Gasteiger partial charge in [0.15, 0.2) is 0 Å². The summed E-state index contributed by atoms with van der Waals surface area (Å²) in [6.07, 6.45) is 4.48. The van der Waals surface area contributed by atoms with Gasteiger partial charge in [-0.25, -0.2) is 4.98 Å². The zero-order valence-electron chi connectivity index (χ0n) is 16.6. The van der Waals surface area contributed by atoms with E-state index in [1.165, 1.54) is 0 Å². The minimum atomic E-state index is -0.215. The van der Waals surface area contributed by atoms with Crippen LogP contribution in [0.3, 0.4) is 0 Å². The molecular formula is C23H24ClN3O3. The van der Waals surface area contributed by atoms with E-state index in [0.717, 1.165) is 43.7 Å². The number of fused-ring (bicyclic) bond motifs is 1. The van der Waals surface area contributed by atoms with Crippen molar-refractivity contribution in [3.05, 3.63) is 74.7 Å². The summed E-state index contributed by atoms with van der Waals surface area (Å²) in [6, 6.07) is 11.1. The van der Waals surface area contributed by atoms with Crippen molar-refractivity contribution in [3.8, 4) is 0 Å². The van der Waals surface area contributed by atoms with Crippen molar-refractivity contribution in [2.75, 3.05) is 13.2 Å². The molecule has 1 saturated heterocycles. The number of hydrogen-bond acceptors (Lipinski definition) is 4. The summed E-state index contributed by atoms with van der Waals surface area (Å²) in [6.45, 7) is 1.96. The van der Waals surface area contributed by atoms with Crippen LogP contribution in [0.15, 0.2) is 47.4 Å². The van der Waals surface area contributed by atoms with Crippen LogP contribution in [0.4, 0.5) is 0 Å². The van der Waals surface area contributed by atoms with E-state index < -0.39 is 0 Å². The van der Waals surface area contributed by atoms with Gasteiger partial charge >= 0.3 is 0 Å². The fourth-order valence-corrected chi connectivity index (χ4v) is 3.83. The van der Waals surface area contributed by atoms with Crippen molar-refractivity contribution in [1.82, 2.24) is 15.3 Å². The highest BCUT2D eigenvalue weighted by Gasteiger charge is 2.16. The fourth-order valence-electron chi connectivity index (χ4n) is 3.70. The maximum Gasteiger partial charge on any atom is 0.224 e. The van der Waals surface area contributed by atoms with Gasteiger partial charge in [0.05, 0.1) is 11.9 Å². The number of nitrogens with zero attached hydrogens (tertiary/aromatic N) is 1. The Hall–Kier alpha value is -2.70. The number of amides is 1. The van der Waals surface area contributed by atoms with Crippen molar-refractivity contribution in [3.63, 3.8) is 0 Å². The van der Waals surface area contributed by atoms with Gasteiger partial charge in [0, 0.05) is 42.2 Å². The third kappa shape index (κ3) is 5.07. The van der Waals surface area contributed by atoms with Crippen LogP contribution in [-0.2, 0) is 28.9 Å². The average molecular weight is 426 g/mol. The number of ether oxygens (including phenoxy) is 1. The van der Waals surface area contributed by atoms with Crippen molar-refractivity contribution in [1.29, 1.82) is 0 Å². The molecule has 0 bridgehead atoms. The number of H-pyrrole nitrogens is 1. The number of carbonyl (C=O) groups is 1. The molecule has 1 aliphatic rings. The SMILES string of the molecule is O=C(Cc1c[nH]c2ccc(CC3CCOCC3)nc2c1=O)NCc1ccc(Cl)cc1. The molecule has 0 aliphatic carbocycles. The lowest BCUT2D eigenvalue weighted by molar-refractivity contribution is -0.120. The molecular weight excluding hydrogens is 402 g/mol. The summed E-state index contributed by atoms with van der Waals surface area (Å²) in [7, 11) is 0. The first-order chi connectivity index (χ1) is 14.6. The first-order valence-corrected chi connectivity index (χ1v) is 10.6. The Kier molecular flexibility index (Phi) is 6.45. The van der Waals surface area contributed by atoms with E-state index >= 15 is 0 Å². The summed E-state index contributed by atoms with van der Waals surface area (Å²) < 4.78 is 5.41. The number of rotatable bonds is 6. The van der Waals surface area contributed by atoms with Gasteiger partial charge in [-0.3, -0.25) is 9.59 Å². The number of aromatic nitrogens is 2. The minimum Gasteiger partial charge on any atom is -0.381 e. The van der Waals surface area contributed by atoms with Gasteiger partial charge in [0.1, 0.15) is 5.52 Å². The molecule has 2 N–H and O–H groups in total. The smallest absolute Gasteiger partial charge is 0.224 e. The van der Waals surface area contributed by atoms with E-state index in [1.54, 1.807) is 18.3 Å². The summed E-state index contributed by atoms with van der Waals surface area (Å²) in [5, 5.41) is 3.49. The van der Waals surface area contributed by atoms with E-state index in [9.17, 15) is 9.59 Å². The van der Waals surface area contributed by atoms with Crippen molar-refractivity contribution in [2.45, 2.75) is 32.2 Å². The van der Waals surface area contributed by atoms with Gasteiger partial charge in [0.25, 0.3) is 0 Å². The zero-order chi connectivity index (χ0) is 20.9. The standard InChI is InChI=1S/C23H24ClN3O3/c24-18-3-1-16(2-4-18)13-26-21(28)12-17-14-25-20-6-5-19(27-22(20)23(17)29)11-15-7-9-30-10-8-15/h1-6,14-15H,7-13H2,(H,25,29)(H,26,28). The lowest BCUT2D eigenvalue weighted by atomic mass is 9.94. The van der Waals surface area contributed by atoms with Gasteiger partial charge < -0.3 is 15.0 Å². The predicted octanol–water partition coefficient (Wildman–Crippen LogP) is 3.40. The number of hydrogen-bond donors (Lipinski definition) is 2. The highest BCUT2D eigenvalue weighted by Crippen LogP contribution is 2.20. The van der Waals surface area contributed by atoms with Crippen LogP contribution in [0.1, 0.15) is 29.7 Å². The third-order valence-electron chi connectivity index (χ3n) is 5.45. The van der Waals surface area contributed by atoms with Gasteiger partial charge in [0.2, 0.25) is 11.3 Å². The Morgan fingerprint density at radius 3 is 2.70 bits per heavy atom. The quantitative estimate of drug-likeness (QED) is 0.634. The third-order valence-corrected chi connectivity index (χ3v) is 5.71. The van der Waals surface area contributed by atoms with Crippen LogP contribution in [0.5, 0.6) is 0 Å². The van der Waals surface area contributed by atoms with E-state index in [2.05, 4.69) is 15.3 Å². The Morgan fingerprint density at radius 2 is 1.93 bits per heavy atom. The molecule has 0 unspecified atom stereocenters. The largest absolute Gasteiger partial charge is 0.381 e. The molecule has 0 saturated carbocycles. The van der Waals surface area contributed by atoms with Crippen LogP contribution in [-0.4, -0.2) is 29.1 Å². The molecule has 1 aliphatic heterocycles. The van der Waals surface area contributed by atoms with Crippen molar-refractivity contribution < 1.29 is 9.53 Å². The Bertz CT molecular complexity index is 1090. The molecule has 1 fully saturated rings. The first kappa shape index (κ1) is 20.6. The molecule has 0 atom stereocenters. The normalized spacial score (nSPS) is 14.7. The Labute approximate surface area is 179 Å². The molecule has 2 aromatic heterocycles. The number of aromatic amines is 1. The second-order valence-electron chi connectivity index (χ2n) is 7.68. The average Bonchev–Trinajstić information content (AvgIpc) is 2.76. The highest BCUT2D eigenvalue weighted by molar-refractivity contribution is 6.30. The van der Waals surface area contributed by atoms with Crippen LogP contribution in [0.2, 0.25) is 5.02 Å². The van der Waals surface area contributed by atoms with Crippen molar-refractivity contribution >= 4 is 28.5 Å². The molecule has 3 heterocycles. The van der Waals surface area contributed by atoms with Crippen LogP contribution in [0.25, 0.3) is 11.0 Å². The predicted molar refractivity (Wildman–Crippen MR) is 117 cm³/mol. The molecule has 1 aromatic carbocycles. The van der Waals surface area contributed by atoms with Crippen LogP contribution in [0, 0.1) is 5.92 Å². The van der Waals surface area contributed by atoms with Gasteiger partial charge in [-0.15, -0.1) is 0 Å². The van der Waals surface area contributed by atoms with Crippen LogP contribution >= 0.6 is 11.6 Å². The van der Waals surface area contributed by atoms with Gasteiger partial charge in [-0.2, -0.15) is 0 Å². The van der Waals surface area contributed by atoms with E-state index in [0.29, 0.717) is 34.1 Å². The summed E-state index contributed by atoms with van der Waals surface area (Å²) in [4.78, 5) is 33.0. The minimum absolute atomic E-state index is 0.00470. The van der Waals surface area contributed by atoms with E-state index in [-0.39, 0.29) is 17.8 Å². The molecule has 4 rings (SSSR count). The number of nitrogens with one attached hydrogen (secondary N) is 2. The Morgan fingerprint density at radius 1 is 1.17 bits per heavy atom. The van der Waals surface area contributed by atoms with E-state index in [1.807, 2.05) is 24.3 Å². The molecule has 6 nitrogen and oxygen atoms in total. The van der Waals surface area contributed by atoms with E-state index in [4.69, 9.17) is 16.3 Å². The monoisotopic (exact) mass is 425 g/mol. The fraction of sp³-hybridized carbons (Fsp3) is 0.348. The van der Waals surface area contributed by atoms with Crippen LogP contribution < -0.4 is 10.7 Å². The maximum absolute atomic E-state index is 12.9. The number of benzene rings is 1. The van der Waals surface area contributed by atoms with Gasteiger partial charge in [-0.05, 0) is 55.0 Å². The van der Waals surface area contributed by atoms with Crippen molar-refractivity contribution in [2.24, 2.45) is 5.92 Å². The number of carbonyl (C=O) groups excluding carboxylic acids is 1. The first-order valence-electron chi connectivity index (χ1n) is 10.2. The highest BCUT2D eigenvalue weighted by atomic mass is 35.5. The molecule has 0 radical (unpaired) electrons. The molecule has 156 valence electrons. The summed E-state index contributed by atoms with van der Waals surface area (Å²) in [5.74, 6) is 0.317. The topological polar surface area (TPSA) is 84.1 Å². The molecule has 1 amide bonds.